The lowest BCUT2D eigenvalue weighted by Gasteiger charge is -2.33. The zero-order chi connectivity index (χ0) is 23.2. The Labute approximate surface area is 191 Å². The van der Waals surface area contributed by atoms with Crippen molar-refractivity contribution < 1.29 is 22.4 Å². The number of primary sulfonamides is 1. The van der Waals surface area contributed by atoms with Gasteiger partial charge in [0.25, 0.3) is 11.8 Å². The van der Waals surface area contributed by atoms with Crippen molar-refractivity contribution in [2.24, 2.45) is 16.5 Å². The van der Waals surface area contributed by atoms with Crippen LogP contribution in [0, 0.1) is 11.3 Å². The monoisotopic (exact) mass is 468 g/mol. The van der Waals surface area contributed by atoms with Gasteiger partial charge in [-0.25, -0.2) is 13.6 Å². The molecule has 3 aromatic rings. The van der Waals surface area contributed by atoms with Gasteiger partial charge in [0, 0.05) is 36.8 Å². The second-order valence-corrected chi connectivity index (χ2v) is 10.4. The van der Waals surface area contributed by atoms with Gasteiger partial charge in [-0.3, -0.25) is 14.6 Å². The van der Waals surface area contributed by atoms with Gasteiger partial charge in [-0.05, 0) is 67.0 Å². The summed E-state index contributed by atoms with van der Waals surface area (Å²) in [6.45, 7) is 1.85. The van der Waals surface area contributed by atoms with Gasteiger partial charge >= 0.3 is 0 Å². The third-order valence-corrected chi connectivity index (χ3v) is 7.82. The largest absolute Gasteiger partial charge is 0.449 e. The molecule has 0 radical (unpaired) electrons. The van der Waals surface area contributed by atoms with Gasteiger partial charge in [0.1, 0.15) is 0 Å². The first kappa shape index (κ1) is 21.6. The molecule has 3 N–H and O–H groups in total. The Balaban J connectivity index is 1.13. The average Bonchev–Trinajstić information content (AvgIpc) is 3.28. The van der Waals surface area contributed by atoms with Crippen molar-refractivity contribution in [3.63, 3.8) is 0 Å². The summed E-state index contributed by atoms with van der Waals surface area (Å²) in [7, 11) is -3.78. The number of piperidine rings is 1. The van der Waals surface area contributed by atoms with Crippen LogP contribution in [0.25, 0.3) is 11.0 Å². The maximum absolute atomic E-state index is 12.8. The zero-order valence-corrected chi connectivity index (χ0v) is 18.7. The number of carbonyl (C=O) groups is 2. The Bertz CT molecular complexity index is 1290. The first-order valence-electron chi connectivity index (χ1n) is 10.8. The first-order valence-corrected chi connectivity index (χ1v) is 12.3. The molecule has 33 heavy (non-hydrogen) atoms. The van der Waals surface area contributed by atoms with Crippen molar-refractivity contribution >= 4 is 32.8 Å². The molecule has 172 valence electrons. The lowest BCUT2D eigenvalue weighted by molar-refractivity contribution is 0.0668. The molecule has 9 nitrogen and oxygen atoms in total. The molecule has 2 aliphatic rings. The summed E-state index contributed by atoms with van der Waals surface area (Å²) in [6, 6.07) is 9.22. The lowest BCUT2D eigenvalue weighted by Crippen LogP contribution is -2.40. The van der Waals surface area contributed by atoms with E-state index in [0.29, 0.717) is 36.7 Å². The fraction of sp³-hybridized carbons (Fsp3) is 0.348. The third kappa shape index (κ3) is 4.23. The zero-order valence-electron chi connectivity index (χ0n) is 17.9. The topological polar surface area (TPSA) is 136 Å². The molecule has 1 aliphatic carbocycles. The number of aromatic nitrogens is 1. The molecular weight excluding hydrogens is 444 g/mol. The van der Waals surface area contributed by atoms with Gasteiger partial charge in [-0.15, -0.1) is 0 Å². The number of pyridine rings is 1. The van der Waals surface area contributed by atoms with E-state index in [9.17, 15) is 18.0 Å². The maximum atomic E-state index is 12.8. The SMILES string of the molecule is NS(=O)(=O)c1ccc(C(=O)N2CCC3(CC2)CC3CNC(=O)c2cc3ccncc3o2)cc1. The number of furan rings is 1. The second kappa shape index (κ2) is 7.96. The molecule has 1 saturated carbocycles. The van der Waals surface area contributed by atoms with E-state index in [-0.39, 0.29) is 27.9 Å². The summed E-state index contributed by atoms with van der Waals surface area (Å²) in [5, 5.41) is 8.93. The highest BCUT2D eigenvalue weighted by molar-refractivity contribution is 7.89. The number of nitrogens with two attached hydrogens (primary N) is 1. The van der Waals surface area contributed by atoms with Crippen LogP contribution in [0.15, 0.2) is 58.1 Å². The Morgan fingerprint density at radius 2 is 1.91 bits per heavy atom. The van der Waals surface area contributed by atoms with Gasteiger partial charge in [0.2, 0.25) is 10.0 Å². The smallest absolute Gasteiger partial charge is 0.287 e. The van der Waals surface area contributed by atoms with Gasteiger partial charge in [0.05, 0.1) is 11.1 Å². The van der Waals surface area contributed by atoms with Crippen LogP contribution in [0.4, 0.5) is 0 Å². The molecule has 1 unspecified atom stereocenters. The minimum atomic E-state index is -3.78. The van der Waals surface area contributed by atoms with E-state index in [1.807, 2.05) is 0 Å². The van der Waals surface area contributed by atoms with Crippen LogP contribution in [0.2, 0.25) is 0 Å². The second-order valence-electron chi connectivity index (χ2n) is 8.86. The molecule has 5 rings (SSSR count). The number of sulfonamides is 1. The summed E-state index contributed by atoms with van der Waals surface area (Å²) in [5.41, 5.74) is 1.19. The number of rotatable bonds is 5. The van der Waals surface area contributed by atoms with Crippen molar-refractivity contribution in [3.05, 3.63) is 60.1 Å². The standard InChI is InChI=1S/C23H24N4O5S/c24-33(30,31)18-3-1-15(2-4-18)22(29)27-9-6-23(7-10-27)12-17(23)13-26-21(28)19-11-16-5-8-25-14-20(16)32-19/h1-5,8,11,14,17H,6-7,9-10,12-13H2,(H,26,28)(H2,24,30,31). The van der Waals surface area contributed by atoms with Crippen molar-refractivity contribution in [2.75, 3.05) is 19.6 Å². The molecule has 1 spiro atoms. The molecule has 3 heterocycles. The highest BCUT2D eigenvalue weighted by atomic mass is 32.2. The third-order valence-electron chi connectivity index (χ3n) is 6.89. The van der Waals surface area contributed by atoms with Gasteiger partial charge in [0.15, 0.2) is 11.3 Å². The number of carbonyl (C=O) groups excluding carboxylic acids is 2. The van der Waals surface area contributed by atoms with Gasteiger partial charge < -0.3 is 14.6 Å². The summed E-state index contributed by atoms with van der Waals surface area (Å²) in [6.07, 6.45) is 6.04. The lowest BCUT2D eigenvalue weighted by atomic mass is 9.90. The quantitative estimate of drug-likeness (QED) is 0.589. The molecule has 2 fully saturated rings. The van der Waals surface area contributed by atoms with Crippen LogP contribution in [-0.2, 0) is 10.0 Å². The highest BCUT2D eigenvalue weighted by Crippen LogP contribution is 2.59. The molecule has 0 bridgehead atoms. The Hall–Kier alpha value is -3.24. The summed E-state index contributed by atoms with van der Waals surface area (Å²) >= 11 is 0. The molecule has 1 aromatic carbocycles. The molecule has 2 aromatic heterocycles. The number of amides is 2. The van der Waals surface area contributed by atoms with Crippen molar-refractivity contribution in [3.8, 4) is 0 Å². The first-order chi connectivity index (χ1) is 15.7. The van der Waals surface area contributed by atoms with Crippen LogP contribution >= 0.6 is 0 Å². The molecule has 1 saturated heterocycles. The van der Waals surface area contributed by atoms with Crippen molar-refractivity contribution in [1.29, 1.82) is 0 Å². The normalized spacial score (nSPS) is 19.5. The predicted molar refractivity (Wildman–Crippen MR) is 120 cm³/mol. The summed E-state index contributed by atoms with van der Waals surface area (Å²) in [5.74, 6) is 0.319. The van der Waals surface area contributed by atoms with Crippen molar-refractivity contribution in [2.45, 2.75) is 24.2 Å². The number of hydrogen-bond donors (Lipinski definition) is 2. The number of hydrogen-bond acceptors (Lipinski definition) is 6. The molecule has 10 heteroatoms. The minimum absolute atomic E-state index is 0.0150. The molecule has 1 aliphatic heterocycles. The van der Waals surface area contributed by atoms with E-state index < -0.39 is 10.0 Å². The minimum Gasteiger partial charge on any atom is -0.449 e. The summed E-state index contributed by atoms with van der Waals surface area (Å²) in [4.78, 5) is 31.1. The van der Waals surface area contributed by atoms with Crippen LogP contribution in [0.3, 0.4) is 0 Å². The molecular formula is C23H24N4O5S. The number of likely N-dealkylation sites (tertiary alicyclic amines) is 1. The van der Waals surface area contributed by atoms with E-state index in [1.54, 1.807) is 29.4 Å². The Kier molecular flexibility index (Phi) is 5.21. The number of benzene rings is 1. The van der Waals surface area contributed by atoms with E-state index in [4.69, 9.17) is 9.56 Å². The van der Waals surface area contributed by atoms with Crippen LogP contribution in [0.1, 0.15) is 40.2 Å². The molecule has 1 atom stereocenters. The van der Waals surface area contributed by atoms with E-state index in [1.165, 1.54) is 24.3 Å². The van der Waals surface area contributed by atoms with Gasteiger partial charge in [-0.2, -0.15) is 0 Å². The number of nitrogens with zero attached hydrogens (tertiary/aromatic N) is 2. The van der Waals surface area contributed by atoms with E-state index >= 15 is 0 Å². The summed E-state index contributed by atoms with van der Waals surface area (Å²) < 4.78 is 28.3. The number of nitrogens with one attached hydrogen (secondary N) is 1. The predicted octanol–water partition coefficient (Wildman–Crippen LogP) is 2.15. The van der Waals surface area contributed by atoms with Crippen LogP contribution in [-0.4, -0.2) is 49.8 Å². The highest BCUT2D eigenvalue weighted by Gasteiger charge is 2.54. The Morgan fingerprint density at radius 3 is 2.58 bits per heavy atom. The van der Waals surface area contributed by atoms with E-state index in [2.05, 4.69) is 10.3 Å². The van der Waals surface area contributed by atoms with Gasteiger partial charge in [-0.1, -0.05) is 0 Å². The fourth-order valence-electron chi connectivity index (χ4n) is 4.76. The van der Waals surface area contributed by atoms with Crippen molar-refractivity contribution in [1.82, 2.24) is 15.2 Å². The maximum Gasteiger partial charge on any atom is 0.287 e. The fourth-order valence-corrected chi connectivity index (χ4v) is 5.27. The average molecular weight is 469 g/mol. The molecule has 2 amide bonds. The van der Waals surface area contributed by atoms with Crippen LogP contribution in [0.5, 0.6) is 0 Å². The number of fused-ring (bicyclic) bond motifs is 1. The van der Waals surface area contributed by atoms with Crippen LogP contribution < -0.4 is 10.5 Å². The Morgan fingerprint density at radius 1 is 1.18 bits per heavy atom. The van der Waals surface area contributed by atoms with E-state index in [0.717, 1.165) is 24.6 Å².